The van der Waals surface area contributed by atoms with E-state index in [2.05, 4.69) is 15.4 Å². The molecule has 0 spiro atoms. The summed E-state index contributed by atoms with van der Waals surface area (Å²) in [4.78, 5) is 17.9. The number of nitrogens with zero attached hydrogens (tertiary/aromatic N) is 3. The SMILES string of the molecule is Cn1cc(-c2cnc3ccc4ccc(Nc5ccccc5C(F)(F)F)cc4c(=O)c3c2)cn1. The molecular weight excluding hydrogens is 429 g/mol. The number of hydrogen-bond acceptors (Lipinski definition) is 4. The van der Waals surface area contributed by atoms with E-state index in [1.54, 1.807) is 60.5 Å². The van der Waals surface area contributed by atoms with Crippen molar-refractivity contribution in [2.45, 2.75) is 6.18 Å². The van der Waals surface area contributed by atoms with Gasteiger partial charge < -0.3 is 5.32 Å². The second-order valence-corrected chi connectivity index (χ2v) is 7.69. The van der Waals surface area contributed by atoms with Crippen LogP contribution in [0.1, 0.15) is 5.56 Å². The first kappa shape index (κ1) is 20.7. The van der Waals surface area contributed by atoms with Gasteiger partial charge in [-0.05, 0) is 41.8 Å². The Bertz CT molecular complexity index is 1570. The standard InChI is InChI=1S/C25H17F3N4O/c1-32-14-17(13-30-32)16-10-20-22(29-12-16)9-7-15-6-8-18(11-19(15)24(20)33)31-23-5-3-2-4-21(23)25(26,27)28/h2-14,31H,1H3. The Balaban J connectivity index is 1.65. The van der Waals surface area contributed by atoms with Crippen molar-refractivity contribution in [2.24, 2.45) is 7.05 Å². The Kier molecular flexibility index (Phi) is 4.85. The van der Waals surface area contributed by atoms with Crippen LogP contribution in [0, 0.1) is 0 Å². The molecule has 5 nitrogen and oxygen atoms in total. The number of pyridine rings is 1. The molecule has 33 heavy (non-hydrogen) atoms. The van der Waals surface area contributed by atoms with E-state index >= 15 is 0 Å². The maximum Gasteiger partial charge on any atom is 0.418 e. The largest absolute Gasteiger partial charge is 0.418 e. The molecular formula is C25H17F3N4O. The minimum absolute atomic E-state index is 0.0810. The minimum atomic E-state index is -4.50. The van der Waals surface area contributed by atoms with Crippen molar-refractivity contribution < 1.29 is 13.2 Å². The summed E-state index contributed by atoms with van der Waals surface area (Å²) in [5.41, 5.74) is 1.38. The zero-order valence-electron chi connectivity index (χ0n) is 17.4. The highest BCUT2D eigenvalue weighted by molar-refractivity contribution is 5.94. The Hall–Kier alpha value is -4.20. The number of aryl methyl sites for hydroxylation is 1. The average Bonchev–Trinajstić information content (AvgIpc) is 3.18. The van der Waals surface area contributed by atoms with Gasteiger partial charge in [-0.25, -0.2) is 0 Å². The van der Waals surface area contributed by atoms with Crippen LogP contribution in [0.25, 0.3) is 32.8 Å². The predicted octanol–water partition coefficient (Wildman–Crippen LogP) is 5.91. The smallest absolute Gasteiger partial charge is 0.355 e. The summed E-state index contributed by atoms with van der Waals surface area (Å²) in [6.07, 6.45) is 0.703. The molecule has 8 heteroatoms. The van der Waals surface area contributed by atoms with Crippen LogP contribution in [-0.4, -0.2) is 14.8 Å². The van der Waals surface area contributed by atoms with Gasteiger partial charge in [-0.15, -0.1) is 0 Å². The fourth-order valence-electron chi connectivity index (χ4n) is 3.80. The molecule has 2 aromatic heterocycles. The highest BCUT2D eigenvalue weighted by atomic mass is 19.4. The number of anilines is 2. The number of nitrogens with one attached hydrogen (secondary N) is 1. The van der Waals surface area contributed by atoms with Gasteiger partial charge in [-0.1, -0.05) is 24.3 Å². The van der Waals surface area contributed by atoms with Gasteiger partial charge >= 0.3 is 6.18 Å². The van der Waals surface area contributed by atoms with Crippen LogP contribution in [0.5, 0.6) is 0 Å². The lowest BCUT2D eigenvalue weighted by Crippen LogP contribution is -2.08. The van der Waals surface area contributed by atoms with Crippen molar-refractivity contribution in [3.63, 3.8) is 0 Å². The number of benzene rings is 2. The zero-order chi connectivity index (χ0) is 23.2. The van der Waals surface area contributed by atoms with E-state index in [0.717, 1.165) is 17.2 Å². The highest BCUT2D eigenvalue weighted by Gasteiger charge is 2.33. The number of para-hydroxylation sites is 1. The van der Waals surface area contributed by atoms with Crippen LogP contribution in [0.2, 0.25) is 0 Å². The lowest BCUT2D eigenvalue weighted by molar-refractivity contribution is -0.136. The summed E-state index contributed by atoms with van der Waals surface area (Å²) in [7, 11) is 1.80. The van der Waals surface area contributed by atoms with E-state index in [0.29, 0.717) is 27.4 Å². The fraction of sp³-hybridized carbons (Fsp3) is 0.0800. The van der Waals surface area contributed by atoms with E-state index in [1.165, 1.54) is 18.2 Å². The third-order valence-electron chi connectivity index (χ3n) is 5.43. The van der Waals surface area contributed by atoms with Gasteiger partial charge in [0.1, 0.15) is 0 Å². The van der Waals surface area contributed by atoms with Crippen LogP contribution in [0.4, 0.5) is 24.5 Å². The first-order valence-electron chi connectivity index (χ1n) is 10.1. The summed E-state index contributed by atoms with van der Waals surface area (Å²) in [6.45, 7) is 0. The van der Waals surface area contributed by atoms with E-state index < -0.39 is 11.7 Å². The molecule has 0 atom stereocenters. The van der Waals surface area contributed by atoms with Gasteiger partial charge in [0.2, 0.25) is 0 Å². The number of halogens is 3. The first-order chi connectivity index (χ1) is 15.8. The molecule has 5 rings (SSSR count). The second-order valence-electron chi connectivity index (χ2n) is 7.69. The molecule has 1 N–H and O–H groups in total. The monoisotopic (exact) mass is 446 g/mol. The van der Waals surface area contributed by atoms with Gasteiger partial charge in [-0.2, -0.15) is 18.3 Å². The van der Waals surface area contributed by atoms with Gasteiger partial charge in [0, 0.05) is 47.0 Å². The molecule has 5 aromatic rings. The summed E-state index contributed by atoms with van der Waals surface area (Å²) in [5.74, 6) is 0. The van der Waals surface area contributed by atoms with Gasteiger partial charge in [0.25, 0.3) is 0 Å². The van der Waals surface area contributed by atoms with E-state index in [4.69, 9.17) is 0 Å². The van der Waals surface area contributed by atoms with Crippen molar-refractivity contribution >= 4 is 33.1 Å². The molecule has 0 saturated carbocycles. The van der Waals surface area contributed by atoms with Crippen molar-refractivity contribution in [1.82, 2.24) is 14.8 Å². The van der Waals surface area contributed by atoms with Crippen LogP contribution in [0.3, 0.4) is 0 Å². The second kappa shape index (κ2) is 7.74. The Morgan fingerprint density at radius 1 is 0.909 bits per heavy atom. The van der Waals surface area contributed by atoms with Crippen molar-refractivity contribution in [3.05, 3.63) is 95.0 Å². The quantitative estimate of drug-likeness (QED) is 0.374. The summed E-state index contributed by atoms with van der Waals surface area (Å²) >= 11 is 0. The summed E-state index contributed by atoms with van der Waals surface area (Å²) < 4.78 is 41.8. The Morgan fingerprint density at radius 2 is 1.70 bits per heavy atom. The average molecular weight is 446 g/mol. The van der Waals surface area contributed by atoms with Crippen molar-refractivity contribution in [2.75, 3.05) is 5.32 Å². The number of alkyl halides is 3. The number of fused-ring (bicyclic) bond motifs is 2. The van der Waals surface area contributed by atoms with Crippen LogP contribution < -0.4 is 10.7 Å². The lowest BCUT2D eigenvalue weighted by Gasteiger charge is -2.14. The van der Waals surface area contributed by atoms with Gasteiger partial charge in [-0.3, -0.25) is 14.5 Å². The first-order valence-corrected chi connectivity index (χ1v) is 10.1. The van der Waals surface area contributed by atoms with E-state index in [1.807, 2.05) is 6.20 Å². The number of hydrogen-bond donors (Lipinski definition) is 1. The zero-order valence-corrected chi connectivity index (χ0v) is 17.4. The van der Waals surface area contributed by atoms with E-state index in [9.17, 15) is 18.0 Å². The summed E-state index contributed by atoms with van der Waals surface area (Å²) in [6, 6.07) is 15.5. The lowest BCUT2D eigenvalue weighted by atomic mass is 10.1. The van der Waals surface area contributed by atoms with Crippen molar-refractivity contribution in [3.8, 4) is 11.1 Å². The van der Waals surface area contributed by atoms with Crippen LogP contribution >= 0.6 is 0 Å². The third-order valence-corrected chi connectivity index (χ3v) is 5.43. The van der Waals surface area contributed by atoms with Crippen molar-refractivity contribution in [1.29, 1.82) is 0 Å². The van der Waals surface area contributed by atoms with Gasteiger partial charge in [0.15, 0.2) is 5.43 Å². The molecule has 2 heterocycles. The Labute approximate surface area is 186 Å². The molecule has 0 bridgehead atoms. The molecule has 0 radical (unpaired) electrons. The number of rotatable bonds is 3. The van der Waals surface area contributed by atoms with Gasteiger partial charge in [0.05, 0.1) is 23.0 Å². The molecule has 0 unspecified atom stereocenters. The molecule has 0 amide bonds. The predicted molar refractivity (Wildman–Crippen MR) is 122 cm³/mol. The molecule has 0 saturated heterocycles. The Morgan fingerprint density at radius 3 is 2.45 bits per heavy atom. The fourth-order valence-corrected chi connectivity index (χ4v) is 3.80. The maximum absolute atomic E-state index is 13.4. The van der Waals surface area contributed by atoms with Crippen LogP contribution in [-0.2, 0) is 13.2 Å². The minimum Gasteiger partial charge on any atom is -0.355 e. The molecule has 0 fully saturated rings. The highest BCUT2D eigenvalue weighted by Crippen LogP contribution is 2.36. The molecule has 3 aromatic carbocycles. The molecule has 0 aliphatic heterocycles. The normalized spacial score (nSPS) is 11.8. The molecule has 0 aliphatic carbocycles. The number of aromatic nitrogens is 3. The maximum atomic E-state index is 13.4. The topological polar surface area (TPSA) is 59.8 Å². The van der Waals surface area contributed by atoms with E-state index in [-0.39, 0.29) is 11.1 Å². The molecule has 164 valence electrons. The third kappa shape index (κ3) is 3.91. The van der Waals surface area contributed by atoms with Crippen LogP contribution in [0.15, 0.2) is 84.0 Å². The summed E-state index contributed by atoms with van der Waals surface area (Å²) in [5, 5.41) is 8.42. The molecule has 0 aliphatic rings.